The molecule has 0 bridgehead atoms. The lowest BCUT2D eigenvalue weighted by Gasteiger charge is -2.25. The van der Waals surface area contributed by atoms with Crippen LogP contribution in [0.25, 0.3) is 0 Å². The van der Waals surface area contributed by atoms with Gasteiger partial charge in [0.2, 0.25) is 5.91 Å². The van der Waals surface area contributed by atoms with E-state index in [2.05, 4.69) is 16.3 Å². The summed E-state index contributed by atoms with van der Waals surface area (Å²) in [5.41, 5.74) is 3.78. The first-order valence-electron chi connectivity index (χ1n) is 9.78. The van der Waals surface area contributed by atoms with Crippen molar-refractivity contribution in [3.8, 4) is 5.75 Å². The predicted octanol–water partition coefficient (Wildman–Crippen LogP) is 5.30. The highest BCUT2D eigenvalue weighted by Gasteiger charge is 2.21. The summed E-state index contributed by atoms with van der Waals surface area (Å²) in [5.74, 6) is 0.554. The molecule has 1 heterocycles. The summed E-state index contributed by atoms with van der Waals surface area (Å²) in [6.07, 6.45) is 1.36. The number of ether oxygens (including phenoxy) is 1. The quantitative estimate of drug-likeness (QED) is 0.778. The fraction of sp³-hybridized carbons (Fsp3) is 0.435. The number of anilines is 2. The van der Waals surface area contributed by atoms with Crippen LogP contribution in [0.5, 0.6) is 5.75 Å². The summed E-state index contributed by atoms with van der Waals surface area (Å²) in [7, 11) is 0. The van der Waals surface area contributed by atoms with Gasteiger partial charge in [0, 0.05) is 31.3 Å². The fourth-order valence-corrected chi connectivity index (χ4v) is 3.38. The minimum Gasteiger partial charge on any atom is -0.491 e. The summed E-state index contributed by atoms with van der Waals surface area (Å²) in [4.78, 5) is 14.6. The third-order valence-electron chi connectivity index (χ3n) is 4.73. The Morgan fingerprint density at radius 3 is 2.61 bits per heavy atom. The van der Waals surface area contributed by atoms with E-state index in [0.29, 0.717) is 19.6 Å². The predicted molar refractivity (Wildman–Crippen MR) is 111 cm³/mol. The highest BCUT2D eigenvalue weighted by atomic mass is 19.1. The molecule has 0 atom stereocenters. The topological polar surface area (TPSA) is 41.6 Å². The number of nitrogens with one attached hydrogen (secondary N) is 1. The van der Waals surface area contributed by atoms with Crippen molar-refractivity contribution in [2.24, 2.45) is 5.41 Å². The molecular formula is C23H29FN2O2. The van der Waals surface area contributed by atoms with Crippen molar-refractivity contribution in [1.82, 2.24) is 0 Å². The number of nitrogens with zero attached hydrogens (tertiary/aromatic N) is 1. The molecule has 0 unspecified atom stereocenters. The summed E-state index contributed by atoms with van der Waals surface area (Å²) in [6.45, 7) is 10.3. The molecule has 5 heteroatoms. The molecule has 0 radical (unpaired) electrons. The van der Waals surface area contributed by atoms with Gasteiger partial charge in [-0.15, -0.1) is 0 Å². The van der Waals surface area contributed by atoms with Crippen molar-refractivity contribution >= 4 is 17.3 Å². The van der Waals surface area contributed by atoms with E-state index in [-0.39, 0.29) is 17.1 Å². The number of hydrogen-bond donors (Lipinski definition) is 1. The number of halogens is 1. The van der Waals surface area contributed by atoms with Crippen LogP contribution in [-0.4, -0.2) is 19.1 Å². The second-order valence-corrected chi connectivity index (χ2v) is 8.67. The van der Waals surface area contributed by atoms with Crippen LogP contribution in [0.15, 0.2) is 36.4 Å². The normalized spacial score (nSPS) is 14.1. The second kappa shape index (κ2) is 8.21. The first kappa shape index (κ1) is 20.2. The molecule has 1 N–H and O–H groups in total. The molecule has 0 aromatic heterocycles. The maximum absolute atomic E-state index is 13.2. The number of rotatable bonds is 4. The highest BCUT2D eigenvalue weighted by Crippen LogP contribution is 2.37. The Bertz CT molecular complexity index is 841. The van der Waals surface area contributed by atoms with Crippen LogP contribution >= 0.6 is 0 Å². The molecule has 28 heavy (non-hydrogen) atoms. The van der Waals surface area contributed by atoms with Gasteiger partial charge in [-0.25, -0.2) is 4.39 Å². The van der Waals surface area contributed by atoms with E-state index >= 15 is 0 Å². The van der Waals surface area contributed by atoms with Crippen LogP contribution in [0.1, 0.15) is 44.7 Å². The Kier molecular flexibility index (Phi) is 5.92. The van der Waals surface area contributed by atoms with E-state index in [0.717, 1.165) is 41.2 Å². The van der Waals surface area contributed by atoms with Gasteiger partial charge in [-0.1, -0.05) is 32.9 Å². The van der Waals surface area contributed by atoms with Crippen molar-refractivity contribution in [2.75, 3.05) is 23.4 Å². The third kappa shape index (κ3) is 5.24. The SMILES string of the molecule is Cc1cc2c(cc1NC(=O)CC(C)(C)C)OCCCN2Cc1ccc(F)cc1. The van der Waals surface area contributed by atoms with E-state index in [1.54, 1.807) is 0 Å². The number of hydrogen-bond acceptors (Lipinski definition) is 3. The van der Waals surface area contributed by atoms with Gasteiger partial charge in [-0.2, -0.15) is 0 Å². The van der Waals surface area contributed by atoms with Crippen molar-refractivity contribution in [1.29, 1.82) is 0 Å². The molecule has 150 valence electrons. The molecule has 0 spiro atoms. The van der Waals surface area contributed by atoms with Gasteiger partial charge < -0.3 is 15.0 Å². The van der Waals surface area contributed by atoms with Gasteiger partial charge in [0.05, 0.1) is 12.3 Å². The number of carbonyl (C=O) groups is 1. The summed E-state index contributed by atoms with van der Waals surface area (Å²) in [6, 6.07) is 10.6. The standard InChI is InChI=1S/C23H29FN2O2/c1-16-12-20-21(13-19(16)25-22(27)14-23(2,3)4)28-11-5-10-26(20)15-17-6-8-18(24)9-7-17/h6-9,12-13H,5,10-11,14-15H2,1-4H3,(H,25,27). The van der Waals surface area contributed by atoms with Crippen molar-refractivity contribution in [2.45, 2.75) is 47.1 Å². The second-order valence-electron chi connectivity index (χ2n) is 8.67. The average molecular weight is 384 g/mol. The van der Waals surface area contributed by atoms with Crippen LogP contribution in [-0.2, 0) is 11.3 Å². The van der Waals surface area contributed by atoms with E-state index in [9.17, 15) is 9.18 Å². The summed E-state index contributed by atoms with van der Waals surface area (Å²) >= 11 is 0. The van der Waals surface area contributed by atoms with Crippen molar-refractivity contribution in [3.63, 3.8) is 0 Å². The molecular weight excluding hydrogens is 355 g/mol. The Morgan fingerprint density at radius 1 is 1.21 bits per heavy atom. The molecule has 4 nitrogen and oxygen atoms in total. The first-order chi connectivity index (χ1) is 13.2. The number of benzene rings is 2. The molecule has 0 fully saturated rings. The maximum atomic E-state index is 13.2. The highest BCUT2D eigenvalue weighted by molar-refractivity contribution is 5.92. The largest absolute Gasteiger partial charge is 0.491 e. The molecule has 1 amide bonds. The molecule has 0 saturated carbocycles. The molecule has 2 aromatic rings. The lowest BCUT2D eigenvalue weighted by Crippen LogP contribution is -2.23. The Labute approximate surface area is 166 Å². The molecule has 1 aliphatic heterocycles. The van der Waals surface area contributed by atoms with E-state index < -0.39 is 0 Å². The van der Waals surface area contributed by atoms with E-state index in [1.165, 1.54) is 12.1 Å². The molecule has 1 aliphatic rings. The van der Waals surface area contributed by atoms with Gasteiger partial charge in [-0.05, 0) is 48.1 Å². The molecule has 0 aliphatic carbocycles. The van der Waals surface area contributed by atoms with E-state index in [4.69, 9.17) is 4.74 Å². The monoisotopic (exact) mass is 384 g/mol. The minimum atomic E-state index is -0.227. The number of carbonyl (C=O) groups excluding carboxylic acids is 1. The van der Waals surface area contributed by atoms with Crippen LogP contribution < -0.4 is 15.0 Å². The van der Waals surface area contributed by atoms with E-state index in [1.807, 2.05) is 45.9 Å². The smallest absolute Gasteiger partial charge is 0.224 e. The van der Waals surface area contributed by atoms with Gasteiger partial charge >= 0.3 is 0 Å². The van der Waals surface area contributed by atoms with Crippen LogP contribution in [0.4, 0.5) is 15.8 Å². The van der Waals surface area contributed by atoms with Gasteiger partial charge in [0.25, 0.3) is 0 Å². The third-order valence-corrected chi connectivity index (χ3v) is 4.73. The van der Waals surface area contributed by atoms with Crippen LogP contribution in [0.3, 0.4) is 0 Å². The molecule has 3 rings (SSSR count). The van der Waals surface area contributed by atoms with Crippen LogP contribution in [0.2, 0.25) is 0 Å². The van der Waals surface area contributed by atoms with Gasteiger partial charge in [0.15, 0.2) is 0 Å². The minimum absolute atomic E-state index is 0.00680. The van der Waals surface area contributed by atoms with Gasteiger partial charge in [0.1, 0.15) is 11.6 Å². The first-order valence-corrected chi connectivity index (χ1v) is 9.78. The zero-order valence-electron chi connectivity index (χ0n) is 17.1. The zero-order chi connectivity index (χ0) is 20.3. The number of fused-ring (bicyclic) bond motifs is 1. The Hall–Kier alpha value is -2.56. The summed E-state index contributed by atoms with van der Waals surface area (Å²) < 4.78 is 19.2. The average Bonchev–Trinajstić information content (AvgIpc) is 2.78. The lowest BCUT2D eigenvalue weighted by molar-refractivity contribution is -0.117. The molecule has 2 aromatic carbocycles. The Balaban J connectivity index is 1.83. The lowest BCUT2D eigenvalue weighted by atomic mass is 9.92. The molecule has 0 saturated heterocycles. The summed E-state index contributed by atoms with van der Waals surface area (Å²) in [5, 5.41) is 3.03. The maximum Gasteiger partial charge on any atom is 0.224 e. The number of aryl methyl sites for hydroxylation is 1. The fourth-order valence-electron chi connectivity index (χ4n) is 3.38. The van der Waals surface area contributed by atoms with Gasteiger partial charge in [-0.3, -0.25) is 4.79 Å². The van der Waals surface area contributed by atoms with Crippen molar-refractivity contribution < 1.29 is 13.9 Å². The van der Waals surface area contributed by atoms with Crippen LogP contribution in [0, 0.1) is 18.2 Å². The zero-order valence-corrected chi connectivity index (χ0v) is 17.1. The number of amides is 1. The Morgan fingerprint density at radius 2 is 1.93 bits per heavy atom. The van der Waals surface area contributed by atoms with Crippen molar-refractivity contribution in [3.05, 3.63) is 53.3 Å².